The lowest BCUT2D eigenvalue weighted by Gasteiger charge is -2.17. The van der Waals surface area contributed by atoms with Crippen LogP contribution in [0.1, 0.15) is 45.1 Å². The highest BCUT2D eigenvalue weighted by atomic mass is 32.2. The van der Waals surface area contributed by atoms with Crippen molar-refractivity contribution in [3.8, 4) is 17.1 Å². The minimum Gasteiger partial charge on any atom is -0.497 e. The highest BCUT2D eigenvalue weighted by molar-refractivity contribution is 8.00. The van der Waals surface area contributed by atoms with E-state index in [1.807, 2.05) is 43.3 Å². The monoisotopic (exact) mass is 480 g/mol. The first-order valence-corrected chi connectivity index (χ1v) is 12.6. The van der Waals surface area contributed by atoms with Crippen molar-refractivity contribution in [1.29, 1.82) is 0 Å². The van der Waals surface area contributed by atoms with E-state index < -0.39 is 0 Å². The van der Waals surface area contributed by atoms with E-state index in [0.717, 1.165) is 42.3 Å². The van der Waals surface area contributed by atoms with Crippen LogP contribution < -0.4 is 10.1 Å². The van der Waals surface area contributed by atoms with Crippen molar-refractivity contribution in [1.82, 2.24) is 14.8 Å². The molecule has 0 radical (unpaired) electrons. The van der Waals surface area contributed by atoms with Gasteiger partial charge < -0.3 is 14.8 Å². The number of benzene rings is 2. The highest BCUT2D eigenvalue weighted by Gasteiger charge is 2.24. The van der Waals surface area contributed by atoms with Crippen LogP contribution in [-0.4, -0.2) is 45.7 Å². The van der Waals surface area contributed by atoms with Gasteiger partial charge >= 0.3 is 0 Å². The topological polar surface area (TPSA) is 78.3 Å². The van der Waals surface area contributed by atoms with E-state index in [1.165, 1.54) is 17.3 Å². The van der Waals surface area contributed by atoms with Crippen molar-refractivity contribution < 1.29 is 14.3 Å². The zero-order chi connectivity index (χ0) is 24.1. The normalized spacial score (nSPS) is 16.6. The van der Waals surface area contributed by atoms with Gasteiger partial charge in [0.05, 0.1) is 25.0 Å². The van der Waals surface area contributed by atoms with E-state index in [-0.39, 0.29) is 17.3 Å². The molecule has 1 N–H and O–H groups in total. The number of aromatic nitrogens is 3. The molecule has 1 aliphatic rings. The number of rotatable bonds is 9. The molecule has 1 fully saturated rings. The molecule has 1 amide bonds. The van der Waals surface area contributed by atoms with E-state index in [4.69, 9.17) is 9.47 Å². The van der Waals surface area contributed by atoms with Gasteiger partial charge in [0, 0.05) is 17.9 Å². The third-order valence-corrected chi connectivity index (χ3v) is 7.05. The van der Waals surface area contributed by atoms with Crippen molar-refractivity contribution in [2.45, 2.75) is 62.6 Å². The van der Waals surface area contributed by atoms with Crippen molar-refractivity contribution in [2.75, 3.05) is 19.0 Å². The smallest absolute Gasteiger partial charge is 0.237 e. The second-order valence-electron chi connectivity index (χ2n) is 8.81. The summed E-state index contributed by atoms with van der Waals surface area (Å²) in [7, 11) is 1.65. The number of hydrogen-bond acceptors (Lipinski definition) is 6. The van der Waals surface area contributed by atoms with Gasteiger partial charge in [0.15, 0.2) is 11.0 Å². The zero-order valence-corrected chi connectivity index (χ0v) is 21.0. The maximum atomic E-state index is 12.9. The number of anilines is 1. The Hall–Kier alpha value is -2.84. The molecule has 2 unspecified atom stereocenters. The van der Waals surface area contributed by atoms with Gasteiger partial charge in [-0.05, 0) is 67.6 Å². The van der Waals surface area contributed by atoms with E-state index >= 15 is 0 Å². The molecule has 0 saturated carbocycles. The summed E-state index contributed by atoms with van der Waals surface area (Å²) in [5.74, 6) is 1.93. The molecule has 4 rings (SSSR count). The molecular weight excluding hydrogens is 448 g/mol. The number of carbonyl (C=O) groups excluding carboxylic acids is 1. The zero-order valence-electron chi connectivity index (χ0n) is 20.2. The second-order valence-corrected chi connectivity index (χ2v) is 10.1. The number of amides is 1. The minimum atomic E-state index is -0.346. The Morgan fingerprint density at radius 2 is 1.88 bits per heavy atom. The molecule has 3 aromatic rings. The average molecular weight is 481 g/mol. The first-order chi connectivity index (χ1) is 16.4. The summed E-state index contributed by atoms with van der Waals surface area (Å²) in [6, 6.07) is 15.8. The Kier molecular flexibility index (Phi) is 7.90. The largest absolute Gasteiger partial charge is 0.497 e. The Labute approximate surface area is 205 Å². The van der Waals surface area contributed by atoms with Gasteiger partial charge in [0.2, 0.25) is 5.91 Å². The van der Waals surface area contributed by atoms with Crippen LogP contribution in [0.15, 0.2) is 53.7 Å². The fourth-order valence-electron chi connectivity index (χ4n) is 3.89. The fraction of sp³-hybridized carbons (Fsp3) is 0.423. The first-order valence-electron chi connectivity index (χ1n) is 11.7. The lowest BCUT2D eigenvalue weighted by molar-refractivity contribution is -0.115. The lowest BCUT2D eigenvalue weighted by Crippen LogP contribution is -2.23. The van der Waals surface area contributed by atoms with Gasteiger partial charge in [-0.1, -0.05) is 37.7 Å². The van der Waals surface area contributed by atoms with Gasteiger partial charge in [0.25, 0.3) is 0 Å². The summed E-state index contributed by atoms with van der Waals surface area (Å²) in [4.78, 5) is 12.9. The third kappa shape index (κ3) is 5.80. The number of carbonyl (C=O) groups is 1. The van der Waals surface area contributed by atoms with E-state index in [0.29, 0.717) is 17.6 Å². The van der Waals surface area contributed by atoms with Crippen LogP contribution in [0.3, 0.4) is 0 Å². The Morgan fingerprint density at radius 3 is 2.50 bits per heavy atom. The maximum Gasteiger partial charge on any atom is 0.237 e. The number of ether oxygens (including phenoxy) is 2. The maximum absolute atomic E-state index is 12.9. The van der Waals surface area contributed by atoms with Gasteiger partial charge in [-0.3, -0.25) is 9.36 Å². The quantitative estimate of drug-likeness (QED) is 0.415. The highest BCUT2D eigenvalue weighted by Crippen LogP contribution is 2.30. The molecule has 8 heteroatoms. The number of methoxy groups -OCH3 is 1. The predicted molar refractivity (Wildman–Crippen MR) is 135 cm³/mol. The molecule has 1 aliphatic heterocycles. The molecule has 0 aliphatic carbocycles. The van der Waals surface area contributed by atoms with Gasteiger partial charge in [-0.25, -0.2) is 0 Å². The van der Waals surface area contributed by atoms with E-state index in [1.54, 1.807) is 7.11 Å². The predicted octanol–water partition coefficient (Wildman–Crippen LogP) is 5.38. The molecule has 0 spiro atoms. The van der Waals surface area contributed by atoms with Crippen molar-refractivity contribution >= 4 is 23.4 Å². The fourth-order valence-corrected chi connectivity index (χ4v) is 4.75. The average Bonchev–Trinajstić information content (AvgIpc) is 3.50. The molecule has 2 heterocycles. The first kappa shape index (κ1) is 24.3. The summed E-state index contributed by atoms with van der Waals surface area (Å²) in [5.41, 5.74) is 2.98. The molecule has 1 aromatic heterocycles. The van der Waals surface area contributed by atoms with Crippen LogP contribution >= 0.6 is 11.8 Å². The lowest BCUT2D eigenvalue weighted by atomic mass is 10.0. The second kappa shape index (κ2) is 11.1. The number of hydrogen-bond donors (Lipinski definition) is 1. The summed E-state index contributed by atoms with van der Waals surface area (Å²) >= 11 is 1.41. The van der Waals surface area contributed by atoms with Gasteiger partial charge in [-0.15, -0.1) is 10.2 Å². The standard InChI is InChI=1S/C26H32N4O3S/c1-17(2)19-7-11-21(12-8-19)27-25(31)18(3)34-26-29-28-24(20-9-13-22(32-4)14-10-20)30(26)16-23-6-5-15-33-23/h7-14,17-18,23H,5-6,15-16H2,1-4H3,(H,27,31). The van der Waals surface area contributed by atoms with Gasteiger partial charge in [-0.2, -0.15) is 0 Å². The van der Waals surface area contributed by atoms with Crippen molar-refractivity contribution in [3.63, 3.8) is 0 Å². The van der Waals surface area contributed by atoms with Crippen molar-refractivity contribution in [3.05, 3.63) is 54.1 Å². The summed E-state index contributed by atoms with van der Waals surface area (Å²) in [6.07, 6.45) is 2.19. The molecule has 1 saturated heterocycles. The van der Waals surface area contributed by atoms with E-state index in [2.05, 4.69) is 46.1 Å². The summed E-state index contributed by atoms with van der Waals surface area (Å²) in [6.45, 7) is 7.63. The number of thioether (sulfide) groups is 1. The molecule has 2 aromatic carbocycles. The molecule has 34 heavy (non-hydrogen) atoms. The van der Waals surface area contributed by atoms with E-state index in [9.17, 15) is 4.79 Å². The van der Waals surface area contributed by atoms with Crippen LogP contribution in [0.25, 0.3) is 11.4 Å². The van der Waals surface area contributed by atoms with Crippen molar-refractivity contribution in [2.24, 2.45) is 0 Å². The SMILES string of the molecule is COc1ccc(-c2nnc(SC(C)C(=O)Nc3ccc(C(C)C)cc3)n2CC2CCCO2)cc1. The molecule has 7 nitrogen and oxygen atoms in total. The Balaban J connectivity index is 1.51. The van der Waals surface area contributed by atoms with Gasteiger partial charge in [0.1, 0.15) is 5.75 Å². The van der Waals surface area contributed by atoms with Crippen LogP contribution in [-0.2, 0) is 16.1 Å². The molecule has 180 valence electrons. The molecular formula is C26H32N4O3S. The molecule has 0 bridgehead atoms. The van der Waals surface area contributed by atoms with Crippen LogP contribution in [0.5, 0.6) is 5.75 Å². The summed E-state index contributed by atoms with van der Waals surface area (Å²) in [5, 5.41) is 12.3. The van der Waals surface area contributed by atoms with Crippen LogP contribution in [0.4, 0.5) is 5.69 Å². The summed E-state index contributed by atoms with van der Waals surface area (Å²) < 4.78 is 13.2. The third-order valence-electron chi connectivity index (χ3n) is 5.97. The molecule has 2 atom stereocenters. The number of nitrogens with zero attached hydrogens (tertiary/aromatic N) is 3. The Bertz CT molecular complexity index is 1090. The van der Waals surface area contributed by atoms with Crippen LogP contribution in [0.2, 0.25) is 0 Å². The van der Waals surface area contributed by atoms with Crippen LogP contribution in [0, 0.1) is 0 Å². The Morgan fingerprint density at radius 1 is 1.15 bits per heavy atom. The minimum absolute atomic E-state index is 0.0695. The number of nitrogens with one attached hydrogen (secondary N) is 1.